The average molecular weight is 412 g/mol. The van der Waals surface area contributed by atoms with Gasteiger partial charge in [-0.2, -0.15) is 0 Å². The second-order valence-corrected chi connectivity index (χ2v) is 6.01. The van der Waals surface area contributed by atoms with E-state index < -0.39 is 0 Å². The largest absolute Gasteiger partial charge is 0.493 e. The molecule has 6 nitrogen and oxygen atoms in total. The van der Waals surface area contributed by atoms with E-state index in [0.717, 1.165) is 11.1 Å². The third-order valence-electron chi connectivity index (χ3n) is 3.60. The van der Waals surface area contributed by atoms with Gasteiger partial charge in [-0.3, -0.25) is 9.59 Å². The van der Waals surface area contributed by atoms with Crippen molar-refractivity contribution in [3.05, 3.63) is 59.7 Å². The molecule has 0 saturated carbocycles. The van der Waals surface area contributed by atoms with Crippen LogP contribution in [0.15, 0.2) is 48.6 Å². The molecule has 0 spiro atoms. The maximum absolute atomic E-state index is 10.8. The summed E-state index contributed by atoms with van der Waals surface area (Å²) in [4.78, 5) is 21.6. The van der Waals surface area contributed by atoms with Gasteiger partial charge in [-0.1, -0.05) is 36.4 Å². The number of hydrogen-bond donors (Lipinski definition) is 0. The van der Waals surface area contributed by atoms with Crippen molar-refractivity contribution < 1.29 is 28.5 Å². The third kappa shape index (κ3) is 8.22. The lowest BCUT2D eigenvalue weighted by molar-refractivity contribution is -0.132. The van der Waals surface area contributed by atoms with Crippen LogP contribution in [0.5, 0.6) is 23.0 Å². The summed E-state index contributed by atoms with van der Waals surface area (Å²) in [6, 6.07) is 10.8. The number of methoxy groups -OCH3 is 2. The van der Waals surface area contributed by atoms with E-state index in [1.54, 1.807) is 26.4 Å². The Morgan fingerprint density at radius 3 is 1.30 bits per heavy atom. The minimum Gasteiger partial charge on any atom is -0.493 e. The lowest BCUT2D eigenvalue weighted by Gasteiger charge is -2.08. The van der Waals surface area contributed by atoms with Crippen molar-refractivity contribution >= 4 is 24.1 Å². The Labute approximate surface area is 177 Å². The molecule has 2 rings (SSSR count). The van der Waals surface area contributed by atoms with Gasteiger partial charge in [0.15, 0.2) is 23.0 Å². The standard InChI is InChI=1S/2C12H14O3/c2*1-4-5-10-6-7-11(15-9(2)13)12(8-10)14-3/h2*4-8H,1-3H3. The van der Waals surface area contributed by atoms with Gasteiger partial charge in [0.2, 0.25) is 0 Å². The molecule has 0 radical (unpaired) electrons. The van der Waals surface area contributed by atoms with Crippen molar-refractivity contribution in [2.24, 2.45) is 0 Å². The molecule has 30 heavy (non-hydrogen) atoms. The summed E-state index contributed by atoms with van der Waals surface area (Å²) in [6.45, 7) is 6.59. The Morgan fingerprint density at radius 2 is 1.03 bits per heavy atom. The summed E-state index contributed by atoms with van der Waals surface area (Å²) >= 11 is 0. The molecule has 0 aliphatic heterocycles. The molecule has 0 saturated heterocycles. The van der Waals surface area contributed by atoms with Crippen LogP contribution < -0.4 is 18.9 Å². The van der Waals surface area contributed by atoms with Gasteiger partial charge in [0.1, 0.15) is 0 Å². The molecule has 2 aromatic carbocycles. The first kappa shape index (κ1) is 24.5. The highest BCUT2D eigenvalue weighted by atomic mass is 16.6. The van der Waals surface area contributed by atoms with E-state index in [1.165, 1.54) is 13.8 Å². The van der Waals surface area contributed by atoms with Crippen LogP contribution in [0.3, 0.4) is 0 Å². The predicted octanol–water partition coefficient (Wildman–Crippen LogP) is 5.31. The van der Waals surface area contributed by atoms with Crippen molar-refractivity contribution in [2.75, 3.05) is 14.2 Å². The quantitative estimate of drug-likeness (QED) is 0.473. The molecule has 0 aliphatic rings. The van der Waals surface area contributed by atoms with E-state index in [0.29, 0.717) is 23.0 Å². The average Bonchev–Trinajstić information content (AvgIpc) is 2.70. The molecule has 0 N–H and O–H groups in total. The zero-order chi connectivity index (χ0) is 22.5. The minimum absolute atomic E-state index is 0.355. The molecular weight excluding hydrogens is 384 g/mol. The number of allylic oxidation sites excluding steroid dienone is 2. The van der Waals surface area contributed by atoms with Crippen LogP contribution in [-0.4, -0.2) is 26.2 Å². The lowest BCUT2D eigenvalue weighted by atomic mass is 10.2. The number of carbonyl (C=O) groups excluding carboxylic acids is 2. The van der Waals surface area contributed by atoms with Crippen molar-refractivity contribution in [3.8, 4) is 23.0 Å². The summed E-state index contributed by atoms with van der Waals surface area (Å²) in [5.41, 5.74) is 2.01. The van der Waals surface area contributed by atoms with Crippen LogP contribution in [0.2, 0.25) is 0 Å². The Kier molecular flexibility index (Phi) is 10.5. The molecule has 0 aromatic heterocycles. The smallest absolute Gasteiger partial charge is 0.308 e. The number of carbonyl (C=O) groups is 2. The van der Waals surface area contributed by atoms with Gasteiger partial charge >= 0.3 is 11.9 Å². The van der Waals surface area contributed by atoms with E-state index >= 15 is 0 Å². The summed E-state index contributed by atoms with van der Waals surface area (Å²) in [6.07, 6.45) is 7.75. The molecule has 160 valence electrons. The zero-order valence-corrected chi connectivity index (χ0v) is 18.2. The van der Waals surface area contributed by atoms with Crippen molar-refractivity contribution in [2.45, 2.75) is 27.7 Å². The molecule has 6 heteroatoms. The van der Waals surface area contributed by atoms with Crippen LogP contribution in [-0.2, 0) is 9.59 Å². The Bertz CT molecular complexity index is 836. The highest BCUT2D eigenvalue weighted by molar-refractivity contribution is 5.71. The monoisotopic (exact) mass is 412 g/mol. The fourth-order valence-corrected chi connectivity index (χ4v) is 2.44. The number of hydrogen-bond acceptors (Lipinski definition) is 6. The van der Waals surface area contributed by atoms with Crippen LogP contribution in [0.25, 0.3) is 12.2 Å². The fraction of sp³-hybridized carbons (Fsp3) is 0.250. The molecule has 0 heterocycles. The van der Waals surface area contributed by atoms with Gasteiger partial charge in [-0.05, 0) is 49.2 Å². The van der Waals surface area contributed by atoms with Gasteiger partial charge in [-0.25, -0.2) is 0 Å². The van der Waals surface area contributed by atoms with Crippen LogP contribution in [0, 0.1) is 0 Å². The Balaban J connectivity index is 0.000000300. The normalized spacial score (nSPS) is 10.3. The summed E-state index contributed by atoms with van der Waals surface area (Å²) in [7, 11) is 3.09. The van der Waals surface area contributed by atoms with Crippen LogP contribution in [0.4, 0.5) is 0 Å². The van der Waals surface area contributed by atoms with Gasteiger partial charge < -0.3 is 18.9 Å². The van der Waals surface area contributed by atoms with E-state index in [2.05, 4.69) is 0 Å². The van der Waals surface area contributed by atoms with E-state index in [-0.39, 0.29) is 11.9 Å². The van der Waals surface area contributed by atoms with Gasteiger partial charge in [0.25, 0.3) is 0 Å². The third-order valence-corrected chi connectivity index (χ3v) is 3.60. The maximum atomic E-state index is 10.8. The topological polar surface area (TPSA) is 71.1 Å². The Hall–Kier alpha value is -3.54. The van der Waals surface area contributed by atoms with Crippen molar-refractivity contribution in [1.82, 2.24) is 0 Å². The van der Waals surface area contributed by atoms with Crippen LogP contribution >= 0.6 is 0 Å². The van der Waals surface area contributed by atoms with Crippen molar-refractivity contribution in [3.63, 3.8) is 0 Å². The second kappa shape index (κ2) is 12.8. The van der Waals surface area contributed by atoms with Gasteiger partial charge in [0.05, 0.1) is 14.2 Å². The predicted molar refractivity (Wildman–Crippen MR) is 118 cm³/mol. The molecule has 0 fully saturated rings. The first-order valence-electron chi connectivity index (χ1n) is 9.32. The lowest BCUT2D eigenvalue weighted by Crippen LogP contribution is -2.02. The maximum Gasteiger partial charge on any atom is 0.308 e. The van der Waals surface area contributed by atoms with E-state index in [4.69, 9.17) is 18.9 Å². The second-order valence-electron chi connectivity index (χ2n) is 6.01. The molecule has 0 amide bonds. The molecule has 0 atom stereocenters. The first-order valence-corrected chi connectivity index (χ1v) is 9.32. The van der Waals surface area contributed by atoms with Gasteiger partial charge in [0, 0.05) is 13.8 Å². The summed E-state index contributed by atoms with van der Waals surface area (Å²) in [5, 5.41) is 0. The summed E-state index contributed by atoms with van der Waals surface area (Å²) in [5.74, 6) is 1.29. The van der Waals surface area contributed by atoms with E-state index in [9.17, 15) is 9.59 Å². The fourth-order valence-electron chi connectivity index (χ4n) is 2.44. The molecular formula is C24H28O6. The van der Waals surface area contributed by atoms with Gasteiger partial charge in [-0.15, -0.1) is 0 Å². The van der Waals surface area contributed by atoms with Crippen molar-refractivity contribution in [1.29, 1.82) is 0 Å². The minimum atomic E-state index is -0.355. The highest BCUT2D eigenvalue weighted by Gasteiger charge is 2.07. The molecule has 0 bridgehead atoms. The number of ether oxygens (including phenoxy) is 4. The summed E-state index contributed by atoms with van der Waals surface area (Å²) < 4.78 is 20.2. The highest BCUT2D eigenvalue weighted by Crippen LogP contribution is 2.29. The van der Waals surface area contributed by atoms with E-state index in [1.807, 2.05) is 62.4 Å². The zero-order valence-electron chi connectivity index (χ0n) is 18.2. The number of rotatable bonds is 6. The molecule has 0 unspecified atom stereocenters. The molecule has 0 aliphatic carbocycles. The Morgan fingerprint density at radius 1 is 0.667 bits per heavy atom. The van der Waals surface area contributed by atoms with Crippen LogP contribution in [0.1, 0.15) is 38.8 Å². The number of benzene rings is 2. The number of esters is 2. The molecule has 2 aromatic rings. The SMILES string of the molecule is CC=Cc1ccc(OC(C)=O)c(OC)c1.CC=Cc1ccc(OC(C)=O)c(OC)c1. The first-order chi connectivity index (χ1) is 14.3.